The fraction of sp³-hybridized carbons (Fsp3) is 0.667. The molecule has 0 aromatic carbocycles. The number of rotatable bonds is 8. The Balaban J connectivity index is 2.56. The number of thiophene rings is 1. The molecule has 0 saturated heterocycles. The van der Waals surface area contributed by atoms with Gasteiger partial charge >= 0.3 is 0 Å². The molecule has 0 amide bonds. The van der Waals surface area contributed by atoms with Gasteiger partial charge in [-0.15, -0.1) is 11.3 Å². The standard InChI is InChI=1S/C12H22N2O2S2/c1-4-11-6-7-17-12(11)9-14-18(15,16)10(3)8-13-5-2/h6-7,10,13-14H,4-5,8-9H2,1-3H3. The number of aryl methyl sites for hydroxylation is 1. The maximum atomic E-state index is 12.0. The van der Waals surface area contributed by atoms with Gasteiger partial charge in [0.05, 0.1) is 5.25 Å². The third-order valence-corrected chi connectivity index (χ3v) is 5.60. The number of hydrogen-bond acceptors (Lipinski definition) is 4. The Labute approximate surface area is 114 Å². The molecule has 0 bridgehead atoms. The predicted molar refractivity (Wildman–Crippen MR) is 77.5 cm³/mol. The van der Waals surface area contributed by atoms with Gasteiger partial charge in [-0.1, -0.05) is 13.8 Å². The molecule has 18 heavy (non-hydrogen) atoms. The van der Waals surface area contributed by atoms with E-state index in [9.17, 15) is 8.42 Å². The van der Waals surface area contributed by atoms with Gasteiger partial charge in [0.15, 0.2) is 0 Å². The Morgan fingerprint density at radius 3 is 2.72 bits per heavy atom. The van der Waals surface area contributed by atoms with Crippen molar-refractivity contribution < 1.29 is 8.42 Å². The van der Waals surface area contributed by atoms with E-state index in [0.29, 0.717) is 13.1 Å². The highest BCUT2D eigenvalue weighted by atomic mass is 32.2. The molecule has 4 nitrogen and oxygen atoms in total. The maximum Gasteiger partial charge on any atom is 0.215 e. The van der Waals surface area contributed by atoms with Crippen molar-refractivity contribution >= 4 is 21.4 Å². The lowest BCUT2D eigenvalue weighted by atomic mass is 10.2. The molecule has 1 aromatic heterocycles. The van der Waals surface area contributed by atoms with Crippen LogP contribution in [0.4, 0.5) is 0 Å². The fourth-order valence-electron chi connectivity index (χ4n) is 1.60. The summed E-state index contributed by atoms with van der Waals surface area (Å²) >= 11 is 1.60. The minimum Gasteiger partial charge on any atom is -0.316 e. The van der Waals surface area contributed by atoms with E-state index in [4.69, 9.17) is 0 Å². The highest BCUT2D eigenvalue weighted by Gasteiger charge is 2.20. The largest absolute Gasteiger partial charge is 0.316 e. The molecular weight excluding hydrogens is 268 g/mol. The zero-order valence-electron chi connectivity index (χ0n) is 11.2. The molecule has 0 aliphatic carbocycles. The molecule has 2 N–H and O–H groups in total. The molecule has 1 rings (SSSR count). The van der Waals surface area contributed by atoms with Crippen LogP contribution in [0.5, 0.6) is 0 Å². The molecular formula is C12H22N2O2S2. The van der Waals surface area contributed by atoms with Crippen LogP contribution in [-0.2, 0) is 23.0 Å². The van der Waals surface area contributed by atoms with Gasteiger partial charge in [-0.05, 0) is 36.9 Å². The van der Waals surface area contributed by atoms with Crippen molar-refractivity contribution in [2.24, 2.45) is 0 Å². The molecule has 0 aliphatic heterocycles. The van der Waals surface area contributed by atoms with Gasteiger partial charge in [0.1, 0.15) is 0 Å². The normalized spacial score (nSPS) is 13.7. The monoisotopic (exact) mass is 290 g/mol. The summed E-state index contributed by atoms with van der Waals surface area (Å²) in [5.74, 6) is 0. The Bertz CT molecular complexity index is 454. The lowest BCUT2D eigenvalue weighted by Crippen LogP contribution is -2.38. The smallest absolute Gasteiger partial charge is 0.215 e. The Morgan fingerprint density at radius 2 is 2.11 bits per heavy atom. The molecule has 1 atom stereocenters. The maximum absolute atomic E-state index is 12.0. The summed E-state index contributed by atoms with van der Waals surface area (Å²) in [4.78, 5) is 1.11. The van der Waals surface area contributed by atoms with E-state index in [1.165, 1.54) is 5.56 Å². The van der Waals surface area contributed by atoms with Crippen LogP contribution in [-0.4, -0.2) is 26.8 Å². The van der Waals surface area contributed by atoms with E-state index >= 15 is 0 Å². The molecule has 0 fully saturated rings. The van der Waals surface area contributed by atoms with Gasteiger partial charge in [-0.25, -0.2) is 13.1 Å². The average Bonchev–Trinajstić information content (AvgIpc) is 2.80. The number of nitrogens with one attached hydrogen (secondary N) is 2. The van der Waals surface area contributed by atoms with Gasteiger partial charge in [-0.3, -0.25) is 0 Å². The second-order valence-corrected chi connectivity index (χ2v) is 7.39. The Hall–Kier alpha value is -0.430. The van der Waals surface area contributed by atoms with Gasteiger partial charge in [-0.2, -0.15) is 0 Å². The molecule has 0 radical (unpaired) electrons. The summed E-state index contributed by atoms with van der Waals surface area (Å²) in [5.41, 5.74) is 1.22. The van der Waals surface area contributed by atoms with Crippen molar-refractivity contribution in [2.75, 3.05) is 13.1 Å². The summed E-state index contributed by atoms with van der Waals surface area (Å²) in [6.07, 6.45) is 0.938. The minimum atomic E-state index is -3.24. The van der Waals surface area contributed by atoms with Crippen molar-refractivity contribution in [3.8, 4) is 0 Å². The SMILES string of the molecule is CCNCC(C)S(=O)(=O)NCc1sccc1CC. The van der Waals surface area contributed by atoms with E-state index in [0.717, 1.165) is 17.8 Å². The van der Waals surface area contributed by atoms with Gasteiger partial charge in [0.25, 0.3) is 0 Å². The summed E-state index contributed by atoms with van der Waals surface area (Å²) in [7, 11) is -3.24. The average molecular weight is 290 g/mol. The van der Waals surface area contributed by atoms with E-state index in [1.807, 2.05) is 12.3 Å². The number of hydrogen-bond donors (Lipinski definition) is 2. The van der Waals surface area contributed by atoms with Crippen LogP contribution < -0.4 is 10.0 Å². The van der Waals surface area contributed by atoms with Gasteiger partial charge < -0.3 is 5.32 Å². The van der Waals surface area contributed by atoms with Crippen molar-refractivity contribution in [3.63, 3.8) is 0 Å². The van der Waals surface area contributed by atoms with Crippen molar-refractivity contribution in [2.45, 2.75) is 39.0 Å². The topological polar surface area (TPSA) is 58.2 Å². The minimum absolute atomic E-state index is 0.402. The third kappa shape index (κ3) is 4.35. The zero-order valence-corrected chi connectivity index (χ0v) is 12.8. The second-order valence-electron chi connectivity index (χ2n) is 4.21. The van der Waals surface area contributed by atoms with E-state index in [1.54, 1.807) is 18.3 Å². The summed E-state index contributed by atoms with van der Waals surface area (Å²) in [6.45, 7) is 7.43. The fourth-order valence-corrected chi connectivity index (χ4v) is 3.58. The van der Waals surface area contributed by atoms with Crippen LogP contribution in [0.25, 0.3) is 0 Å². The third-order valence-electron chi connectivity index (χ3n) is 2.86. The molecule has 1 unspecified atom stereocenters. The quantitative estimate of drug-likeness (QED) is 0.766. The molecule has 0 aliphatic rings. The van der Waals surface area contributed by atoms with Crippen LogP contribution in [0.15, 0.2) is 11.4 Å². The highest BCUT2D eigenvalue weighted by Crippen LogP contribution is 2.17. The molecule has 1 heterocycles. The van der Waals surface area contributed by atoms with Gasteiger partial charge in [0.2, 0.25) is 10.0 Å². The lowest BCUT2D eigenvalue weighted by Gasteiger charge is -2.14. The Kier molecular flexibility index (Phi) is 6.28. The van der Waals surface area contributed by atoms with Crippen molar-refractivity contribution in [1.82, 2.24) is 10.0 Å². The van der Waals surface area contributed by atoms with Crippen LogP contribution in [0.1, 0.15) is 31.2 Å². The molecule has 0 saturated carbocycles. The first kappa shape index (κ1) is 15.6. The lowest BCUT2D eigenvalue weighted by molar-refractivity contribution is 0.560. The Morgan fingerprint density at radius 1 is 1.39 bits per heavy atom. The van der Waals surface area contributed by atoms with Crippen LogP contribution in [0.3, 0.4) is 0 Å². The second kappa shape index (κ2) is 7.23. The highest BCUT2D eigenvalue weighted by molar-refractivity contribution is 7.90. The first-order valence-corrected chi connectivity index (χ1v) is 8.68. The first-order chi connectivity index (χ1) is 8.51. The summed E-state index contributed by atoms with van der Waals surface area (Å²) in [5, 5.41) is 4.64. The van der Waals surface area contributed by atoms with Crippen molar-refractivity contribution in [3.05, 3.63) is 21.9 Å². The van der Waals surface area contributed by atoms with Crippen LogP contribution in [0, 0.1) is 0 Å². The molecule has 104 valence electrons. The van der Waals surface area contributed by atoms with E-state index in [2.05, 4.69) is 23.0 Å². The van der Waals surface area contributed by atoms with E-state index < -0.39 is 15.3 Å². The van der Waals surface area contributed by atoms with E-state index in [-0.39, 0.29) is 0 Å². The molecule has 6 heteroatoms. The summed E-state index contributed by atoms with van der Waals surface area (Å²) in [6, 6.07) is 2.05. The number of sulfonamides is 1. The zero-order chi connectivity index (χ0) is 13.6. The predicted octanol–water partition coefficient (Wildman–Crippen LogP) is 1.73. The van der Waals surface area contributed by atoms with Crippen molar-refractivity contribution in [1.29, 1.82) is 0 Å². The van der Waals surface area contributed by atoms with Crippen LogP contribution in [0.2, 0.25) is 0 Å². The molecule has 1 aromatic rings. The van der Waals surface area contributed by atoms with Crippen LogP contribution >= 0.6 is 11.3 Å². The summed E-state index contributed by atoms with van der Waals surface area (Å²) < 4.78 is 26.7. The first-order valence-electron chi connectivity index (χ1n) is 6.25. The van der Waals surface area contributed by atoms with Gasteiger partial charge in [0, 0.05) is 18.0 Å². The molecule has 0 spiro atoms.